The van der Waals surface area contributed by atoms with Crippen LogP contribution in [0.4, 0.5) is 0 Å². The Labute approximate surface area is 151 Å². The van der Waals surface area contributed by atoms with Crippen molar-refractivity contribution in [3.63, 3.8) is 0 Å². The third-order valence-electron chi connectivity index (χ3n) is 8.46. The summed E-state index contributed by atoms with van der Waals surface area (Å²) in [5.74, 6) is -2.74. The van der Waals surface area contributed by atoms with Gasteiger partial charge >= 0.3 is 5.97 Å². The molecular formula is C19H24O7. The average Bonchev–Trinajstić information content (AvgIpc) is 2.94. The smallest absolute Gasteiger partial charge is 0.313 e. The first-order valence-corrected chi connectivity index (χ1v) is 9.36. The third kappa shape index (κ3) is 1.45. The predicted octanol–water partition coefficient (Wildman–Crippen LogP) is -0.141. The number of fused-ring (bicyclic) bond motifs is 2. The number of ketones is 2. The lowest BCUT2D eigenvalue weighted by Crippen LogP contribution is -2.73. The highest BCUT2D eigenvalue weighted by Crippen LogP contribution is 2.71. The first-order valence-electron chi connectivity index (χ1n) is 9.36. The first kappa shape index (κ1) is 16.8. The van der Waals surface area contributed by atoms with E-state index in [0.29, 0.717) is 0 Å². The van der Waals surface area contributed by atoms with Crippen LogP contribution in [0.5, 0.6) is 0 Å². The van der Waals surface area contributed by atoms with Gasteiger partial charge in [0.15, 0.2) is 11.9 Å². The van der Waals surface area contributed by atoms with Gasteiger partial charge in [0.2, 0.25) is 0 Å². The second kappa shape index (κ2) is 4.56. The minimum absolute atomic E-state index is 0.0257. The van der Waals surface area contributed by atoms with E-state index in [1.165, 1.54) is 0 Å². The van der Waals surface area contributed by atoms with Crippen molar-refractivity contribution >= 4 is 17.5 Å². The Kier molecular flexibility index (Phi) is 2.96. The molecule has 0 amide bonds. The first-order chi connectivity index (χ1) is 12.1. The summed E-state index contributed by atoms with van der Waals surface area (Å²) in [4.78, 5) is 38.5. The highest BCUT2D eigenvalue weighted by molar-refractivity contribution is 5.96. The van der Waals surface area contributed by atoms with Gasteiger partial charge in [-0.15, -0.1) is 0 Å². The summed E-state index contributed by atoms with van der Waals surface area (Å²) in [6.45, 7) is 5.45. The molecule has 0 radical (unpaired) electrons. The topological polar surface area (TPSA) is 110 Å². The van der Waals surface area contributed by atoms with E-state index in [1.54, 1.807) is 13.8 Å². The van der Waals surface area contributed by atoms with Gasteiger partial charge in [0.1, 0.15) is 23.4 Å². The number of carbonyl (C=O) groups excluding carboxylic acids is 3. The second-order valence-corrected chi connectivity index (χ2v) is 9.42. The largest absolute Gasteiger partial charge is 0.456 e. The van der Waals surface area contributed by atoms with Crippen molar-refractivity contribution < 1.29 is 34.1 Å². The number of aliphatic hydroxyl groups excluding tert-OH is 2. The van der Waals surface area contributed by atoms with Gasteiger partial charge < -0.3 is 19.7 Å². The van der Waals surface area contributed by atoms with Crippen molar-refractivity contribution in [1.82, 2.24) is 0 Å². The molecular weight excluding hydrogens is 340 g/mol. The molecule has 2 N–H and O–H groups in total. The maximum absolute atomic E-state index is 13.4. The van der Waals surface area contributed by atoms with E-state index in [2.05, 4.69) is 0 Å². The Morgan fingerprint density at radius 2 is 1.81 bits per heavy atom. The quantitative estimate of drug-likeness (QED) is 0.576. The summed E-state index contributed by atoms with van der Waals surface area (Å²) >= 11 is 0. The van der Waals surface area contributed by atoms with Crippen LogP contribution < -0.4 is 0 Å². The molecule has 0 unspecified atom stereocenters. The number of rotatable bonds is 0. The molecule has 2 heterocycles. The van der Waals surface area contributed by atoms with Gasteiger partial charge in [-0.3, -0.25) is 14.4 Å². The van der Waals surface area contributed by atoms with Crippen LogP contribution in [0.3, 0.4) is 0 Å². The van der Waals surface area contributed by atoms with E-state index >= 15 is 0 Å². The van der Waals surface area contributed by atoms with Crippen LogP contribution in [0.2, 0.25) is 0 Å². The minimum Gasteiger partial charge on any atom is -0.456 e. The molecule has 2 saturated heterocycles. The summed E-state index contributed by atoms with van der Waals surface area (Å²) in [6.07, 6.45) is -2.91. The lowest BCUT2D eigenvalue weighted by molar-refractivity contribution is -0.219. The molecule has 7 nitrogen and oxygen atoms in total. The molecule has 3 aliphatic carbocycles. The fourth-order valence-electron chi connectivity index (χ4n) is 7.39. The van der Waals surface area contributed by atoms with Crippen LogP contribution in [-0.4, -0.2) is 58.3 Å². The second-order valence-electron chi connectivity index (χ2n) is 9.42. The number of esters is 1. The van der Waals surface area contributed by atoms with E-state index in [1.807, 2.05) is 6.92 Å². The summed E-state index contributed by atoms with van der Waals surface area (Å²) in [6, 6.07) is 0. The number of Topliss-reactive ketones (excluding diaryl/α,β-unsaturated/α-hetero) is 2. The molecule has 7 heteroatoms. The normalized spacial score (nSPS) is 60.5. The van der Waals surface area contributed by atoms with Crippen LogP contribution in [0.15, 0.2) is 0 Å². The van der Waals surface area contributed by atoms with Crippen molar-refractivity contribution in [3.05, 3.63) is 0 Å². The molecule has 5 aliphatic rings. The van der Waals surface area contributed by atoms with Crippen molar-refractivity contribution in [1.29, 1.82) is 0 Å². The number of hydrogen-bond donors (Lipinski definition) is 2. The Morgan fingerprint density at radius 3 is 2.50 bits per heavy atom. The highest BCUT2D eigenvalue weighted by atomic mass is 16.6. The van der Waals surface area contributed by atoms with Crippen LogP contribution in [0.25, 0.3) is 0 Å². The molecule has 2 aliphatic heterocycles. The number of ether oxygens (including phenoxy) is 2. The fraction of sp³-hybridized carbons (Fsp3) is 0.842. The number of carbonyl (C=O) groups is 3. The molecule has 3 saturated carbocycles. The zero-order chi connectivity index (χ0) is 18.8. The molecule has 0 aromatic rings. The van der Waals surface area contributed by atoms with Crippen LogP contribution in [0, 0.1) is 34.5 Å². The molecule has 10 atom stereocenters. The Hall–Kier alpha value is -1.31. The van der Waals surface area contributed by atoms with Crippen LogP contribution in [-0.2, 0) is 23.9 Å². The highest BCUT2D eigenvalue weighted by Gasteiger charge is 2.83. The lowest BCUT2D eigenvalue weighted by Gasteiger charge is -2.62. The van der Waals surface area contributed by atoms with E-state index in [9.17, 15) is 24.6 Å². The van der Waals surface area contributed by atoms with E-state index in [0.717, 1.165) is 0 Å². The van der Waals surface area contributed by atoms with E-state index in [-0.39, 0.29) is 42.9 Å². The molecule has 0 aromatic heterocycles. The summed E-state index contributed by atoms with van der Waals surface area (Å²) in [7, 11) is 0. The zero-order valence-corrected chi connectivity index (χ0v) is 15.1. The van der Waals surface area contributed by atoms with Crippen LogP contribution >= 0.6 is 0 Å². The summed E-state index contributed by atoms with van der Waals surface area (Å²) in [5, 5.41) is 22.1. The monoisotopic (exact) mass is 364 g/mol. The SMILES string of the molecule is C[C@@H]1CC(=O)[C@@H](O)[C@@]2(C)[C@H]1CC(=O)[C@@]13CO[C@]4(C)[C@@H](OC(=O)[C@@H]41)[C@H](O)[C@@H]32. The van der Waals surface area contributed by atoms with Crippen molar-refractivity contribution in [2.45, 2.75) is 57.5 Å². The fourth-order valence-corrected chi connectivity index (χ4v) is 7.39. The van der Waals surface area contributed by atoms with Gasteiger partial charge in [0.05, 0.1) is 18.1 Å². The summed E-state index contributed by atoms with van der Waals surface area (Å²) in [5.41, 5.74) is -3.27. The lowest BCUT2D eigenvalue weighted by atomic mass is 9.39. The molecule has 5 fully saturated rings. The van der Waals surface area contributed by atoms with Crippen LogP contribution in [0.1, 0.15) is 33.6 Å². The Balaban J connectivity index is 1.76. The molecule has 142 valence electrons. The maximum Gasteiger partial charge on any atom is 0.313 e. The van der Waals surface area contributed by atoms with E-state index < -0.39 is 52.5 Å². The van der Waals surface area contributed by atoms with Gasteiger partial charge in [-0.1, -0.05) is 13.8 Å². The molecule has 5 rings (SSSR count). The number of hydrogen-bond acceptors (Lipinski definition) is 7. The molecule has 26 heavy (non-hydrogen) atoms. The third-order valence-corrected chi connectivity index (χ3v) is 8.46. The number of aliphatic hydroxyl groups is 2. The van der Waals surface area contributed by atoms with Gasteiger partial charge in [-0.25, -0.2) is 0 Å². The van der Waals surface area contributed by atoms with Gasteiger partial charge in [-0.2, -0.15) is 0 Å². The standard InChI is InChI=1S/C19H24O7/c1-7-4-9(20)14(23)17(2)8(7)5-10(21)19-6-25-18(3)13(19)16(24)26-15(18)11(22)12(17)19/h7-8,11-15,22-23H,4-6H2,1-3H3/t7-,8+,11-,12-,13+,14-,15+,17+,18+,19-/m1/s1. The average molecular weight is 364 g/mol. The molecule has 1 spiro atoms. The minimum atomic E-state index is -1.27. The van der Waals surface area contributed by atoms with Gasteiger partial charge in [-0.05, 0) is 18.8 Å². The maximum atomic E-state index is 13.4. The van der Waals surface area contributed by atoms with Crippen molar-refractivity contribution in [3.8, 4) is 0 Å². The molecule has 0 aromatic carbocycles. The van der Waals surface area contributed by atoms with Gasteiger partial charge in [0, 0.05) is 24.2 Å². The zero-order valence-electron chi connectivity index (χ0n) is 15.1. The molecule has 4 bridgehead atoms. The Bertz CT molecular complexity index is 748. The predicted molar refractivity (Wildman–Crippen MR) is 85.7 cm³/mol. The van der Waals surface area contributed by atoms with Crippen molar-refractivity contribution in [2.75, 3.05) is 6.61 Å². The van der Waals surface area contributed by atoms with Gasteiger partial charge in [0.25, 0.3) is 0 Å². The Morgan fingerprint density at radius 1 is 1.12 bits per heavy atom. The van der Waals surface area contributed by atoms with E-state index in [4.69, 9.17) is 9.47 Å². The van der Waals surface area contributed by atoms with Crippen molar-refractivity contribution in [2.24, 2.45) is 34.5 Å². The summed E-state index contributed by atoms with van der Waals surface area (Å²) < 4.78 is 11.4.